The average Bonchev–Trinajstić information content (AvgIpc) is 3.22. The van der Waals surface area contributed by atoms with Gasteiger partial charge in [-0.3, -0.25) is 4.79 Å². The molecule has 1 saturated carbocycles. The Morgan fingerprint density at radius 2 is 2.17 bits per heavy atom. The quantitative estimate of drug-likeness (QED) is 0.881. The summed E-state index contributed by atoms with van der Waals surface area (Å²) in [5.74, 6) is -0.0104. The van der Waals surface area contributed by atoms with Crippen molar-refractivity contribution in [2.24, 2.45) is 11.7 Å². The van der Waals surface area contributed by atoms with Gasteiger partial charge in [0.1, 0.15) is 11.5 Å². The lowest BCUT2D eigenvalue weighted by molar-refractivity contribution is 0.0944. The van der Waals surface area contributed by atoms with Gasteiger partial charge in [0.25, 0.3) is 5.91 Å². The van der Waals surface area contributed by atoms with Crippen molar-refractivity contribution in [2.45, 2.75) is 38.1 Å². The zero-order chi connectivity index (χ0) is 16.7. The molecule has 2 aliphatic carbocycles. The van der Waals surface area contributed by atoms with E-state index in [1.54, 1.807) is 22.9 Å². The lowest BCUT2D eigenvalue weighted by Gasteiger charge is -2.11. The van der Waals surface area contributed by atoms with Gasteiger partial charge in [0.05, 0.1) is 0 Å². The molecular weight excluding hydrogens is 307 g/mol. The fraction of sp³-hybridized carbons (Fsp3) is 0.444. The highest BCUT2D eigenvalue weighted by Crippen LogP contribution is 2.31. The highest BCUT2D eigenvalue weighted by Gasteiger charge is 2.30. The van der Waals surface area contributed by atoms with Crippen LogP contribution in [0.2, 0.25) is 0 Å². The van der Waals surface area contributed by atoms with Crippen molar-refractivity contribution in [3.63, 3.8) is 0 Å². The molecular formula is C18H21FN4O. The summed E-state index contributed by atoms with van der Waals surface area (Å²) in [5, 5.41) is 7.32. The molecule has 1 aromatic carbocycles. The number of nitrogens with zero attached hydrogens (tertiary/aromatic N) is 2. The Balaban J connectivity index is 1.61. The predicted octanol–water partition coefficient (Wildman–Crippen LogP) is 1.97. The minimum absolute atomic E-state index is 0.00986. The first-order valence-electron chi connectivity index (χ1n) is 8.54. The Morgan fingerprint density at radius 3 is 2.92 bits per heavy atom. The SMILES string of the molecule is NC(CNC(=O)c1nn(-c2ccccc2F)c2c1CCC2)C1CC1. The summed E-state index contributed by atoms with van der Waals surface area (Å²) in [4.78, 5) is 12.5. The van der Waals surface area contributed by atoms with Crippen LogP contribution >= 0.6 is 0 Å². The highest BCUT2D eigenvalue weighted by atomic mass is 19.1. The minimum atomic E-state index is -0.336. The number of carbonyl (C=O) groups excluding carboxylic acids is 1. The molecule has 3 N–H and O–H groups in total. The van der Waals surface area contributed by atoms with Crippen LogP contribution in [-0.2, 0) is 12.8 Å². The number of nitrogens with one attached hydrogen (secondary N) is 1. The fourth-order valence-corrected chi connectivity index (χ4v) is 3.43. The van der Waals surface area contributed by atoms with E-state index in [1.807, 2.05) is 0 Å². The van der Waals surface area contributed by atoms with Crippen molar-refractivity contribution in [3.05, 3.63) is 47.0 Å². The van der Waals surface area contributed by atoms with Gasteiger partial charge in [-0.15, -0.1) is 0 Å². The van der Waals surface area contributed by atoms with Gasteiger partial charge in [-0.05, 0) is 50.2 Å². The Labute approximate surface area is 140 Å². The number of fused-ring (bicyclic) bond motifs is 1. The molecule has 1 aromatic heterocycles. The smallest absolute Gasteiger partial charge is 0.272 e. The van der Waals surface area contributed by atoms with Gasteiger partial charge in [-0.1, -0.05) is 12.1 Å². The minimum Gasteiger partial charge on any atom is -0.349 e. The maximum absolute atomic E-state index is 14.1. The van der Waals surface area contributed by atoms with Crippen molar-refractivity contribution >= 4 is 5.91 Å². The molecule has 0 radical (unpaired) electrons. The molecule has 24 heavy (non-hydrogen) atoms. The summed E-state index contributed by atoms with van der Waals surface area (Å²) < 4.78 is 15.7. The third-order valence-electron chi connectivity index (χ3n) is 4.95. The van der Waals surface area contributed by atoms with Crippen LogP contribution in [0, 0.1) is 11.7 Å². The van der Waals surface area contributed by atoms with Gasteiger partial charge in [-0.25, -0.2) is 9.07 Å². The average molecular weight is 328 g/mol. The van der Waals surface area contributed by atoms with Crippen molar-refractivity contribution in [3.8, 4) is 5.69 Å². The van der Waals surface area contributed by atoms with E-state index < -0.39 is 0 Å². The number of rotatable bonds is 5. The van der Waals surface area contributed by atoms with Crippen LogP contribution in [-0.4, -0.2) is 28.3 Å². The van der Waals surface area contributed by atoms with Crippen LogP contribution in [0.5, 0.6) is 0 Å². The Kier molecular flexibility index (Phi) is 3.84. The summed E-state index contributed by atoms with van der Waals surface area (Å²) in [6, 6.07) is 6.53. The molecule has 0 bridgehead atoms. The van der Waals surface area contributed by atoms with Crippen molar-refractivity contribution in [1.82, 2.24) is 15.1 Å². The number of para-hydroxylation sites is 1. The number of aromatic nitrogens is 2. The number of amides is 1. The molecule has 126 valence electrons. The molecule has 5 nitrogen and oxygen atoms in total. The van der Waals surface area contributed by atoms with Crippen LogP contribution in [0.15, 0.2) is 24.3 Å². The monoisotopic (exact) mass is 328 g/mol. The van der Waals surface area contributed by atoms with E-state index in [-0.39, 0.29) is 17.8 Å². The maximum atomic E-state index is 14.1. The molecule has 2 aromatic rings. The van der Waals surface area contributed by atoms with Crippen LogP contribution in [0.25, 0.3) is 5.69 Å². The van der Waals surface area contributed by atoms with Gasteiger partial charge in [-0.2, -0.15) is 5.10 Å². The molecule has 1 atom stereocenters. The molecule has 1 heterocycles. The first-order valence-corrected chi connectivity index (χ1v) is 8.54. The summed E-state index contributed by atoms with van der Waals surface area (Å²) in [5.41, 5.74) is 8.73. The first-order chi connectivity index (χ1) is 11.6. The van der Waals surface area contributed by atoms with E-state index in [2.05, 4.69) is 10.4 Å². The molecule has 2 aliphatic rings. The summed E-state index contributed by atoms with van der Waals surface area (Å²) >= 11 is 0. The molecule has 0 aliphatic heterocycles. The first kappa shape index (κ1) is 15.3. The van der Waals surface area contributed by atoms with Crippen LogP contribution in [0.3, 0.4) is 0 Å². The van der Waals surface area contributed by atoms with E-state index in [0.29, 0.717) is 23.8 Å². The summed E-state index contributed by atoms with van der Waals surface area (Å²) in [7, 11) is 0. The molecule has 1 fully saturated rings. The fourth-order valence-electron chi connectivity index (χ4n) is 3.43. The van der Waals surface area contributed by atoms with E-state index in [9.17, 15) is 9.18 Å². The molecule has 1 unspecified atom stereocenters. The van der Waals surface area contributed by atoms with Crippen LogP contribution < -0.4 is 11.1 Å². The molecule has 4 rings (SSSR count). The number of hydrogen-bond acceptors (Lipinski definition) is 3. The number of hydrogen-bond donors (Lipinski definition) is 2. The standard InChI is InChI=1S/C18H21FN4O/c19-13-5-1-2-6-16(13)23-15-7-3-4-12(15)17(22-23)18(24)21-10-14(20)11-8-9-11/h1-2,5-6,11,14H,3-4,7-10,20H2,(H,21,24). The molecule has 0 saturated heterocycles. The largest absolute Gasteiger partial charge is 0.349 e. The highest BCUT2D eigenvalue weighted by molar-refractivity contribution is 5.94. The summed E-state index contributed by atoms with van der Waals surface area (Å²) in [6.45, 7) is 0.463. The lowest BCUT2D eigenvalue weighted by Crippen LogP contribution is -2.39. The molecule has 0 spiro atoms. The van der Waals surface area contributed by atoms with E-state index >= 15 is 0 Å². The lowest BCUT2D eigenvalue weighted by atomic mass is 10.1. The number of nitrogens with two attached hydrogens (primary N) is 1. The van der Waals surface area contributed by atoms with Crippen molar-refractivity contribution < 1.29 is 9.18 Å². The van der Waals surface area contributed by atoms with E-state index in [1.165, 1.54) is 6.07 Å². The molecule has 1 amide bonds. The van der Waals surface area contributed by atoms with Gasteiger partial charge >= 0.3 is 0 Å². The molecule has 6 heteroatoms. The predicted molar refractivity (Wildman–Crippen MR) is 88.6 cm³/mol. The Hall–Kier alpha value is -2.21. The van der Waals surface area contributed by atoms with Crippen molar-refractivity contribution in [2.75, 3.05) is 6.54 Å². The van der Waals surface area contributed by atoms with Crippen molar-refractivity contribution in [1.29, 1.82) is 0 Å². The van der Waals surface area contributed by atoms with Gasteiger partial charge in [0.15, 0.2) is 5.69 Å². The zero-order valence-electron chi connectivity index (χ0n) is 13.5. The second kappa shape index (κ2) is 6.02. The normalized spacial score (nSPS) is 17.6. The van der Waals surface area contributed by atoms with Gasteiger partial charge in [0.2, 0.25) is 0 Å². The van der Waals surface area contributed by atoms with Gasteiger partial charge < -0.3 is 11.1 Å². The van der Waals surface area contributed by atoms with Crippen LogP contribution in [0.1, 0.15) is 41.0 Å². The second-order valence-corrected chi connectivity index (χ2v) is 6.70. The second-order valence-electron chi connectivity index (χ2n) is 6.70. The maximum Gasteiger partial charge on any atom is 0.272 e. The Bertz CT molecular complexity index is 781. The summed E-state index contributed by atoms with van der Waals surface area (Å²) in [6.07, 6.45) is 4.87. The number of benzene rings is 1. The number of halogens is 1. The topological polar surface area (TPSA) is 72.9 Å². The zero-order valence-corrected chi connectivity index (χ0v) is 13.5. The van der Waals surface area contributed by atoms with Gasteiger partial charge in [0, 0.05) is 23.8 Å². The van der Waals surface area contributed by atoms with E-state index in [4.69, 9.17) is 5.73 Å². The Morgan fingerprint density at radius 1 is 1.38 bits per heavy atom. The van der Waals surface area contributed by atoms with Crippen LogP contribution in [0.4, 0.5) is 4.39 Å². The number of carbonyl (C=O) groups is 1. The van der Waals surface area contributed by atoms with E-state index in [0.717, 1.165) is 43.4 Å². The third kappa shape index (κ3) is 2.71. The third-order valence-corrected chi connectivity index (χ3v) is 4.95.